The van der Waals surface area contributed by atoms with Crippen molar-refractivity contribution in [1.29, 1.82) is 0 Å². The standard InChI is InChI=1S/C22H8N4O2/c27-21-23-17-9-13-5-1-2-6-14-10-18-20(26-22(28)24-18)12-16(14)8-4-3-7-15(13)11-19(17)25-21/h9-12H,(H2,23,25,27)(H2,24,26,28). The van der Waals surface area contributed by atoms with Crippen LogP contribution in [0.4, 0.5) is 0 Å². The number of hydrogen-bond donors (Lipinski definition) is 4. The van der Waals surface area contributed by atoms with Gasteiger partial charge in [0.1, 0.15) is 0 Å². The van der Waals surface area contributed by atoms with Crippen LogP contribution in [0.3, 0.4) is 0 Å². The lowest BCUT2D eigenvalue weighted by Crippen LogP contribution is -2.22. The summed E-state index contributed by atoms with van der Waals surface area (Å²) in [4.78, 5) is 33.8. The summed E-state index contributed by atoms with van der Waals surface area (Å²) >= 11 is 0. The highest BCUT2D eigenvalue weighted by Gasteiger charge is 1.99. The molecule has 1 aliphatic carbocycles. The maximum atomic E-state index is 11.5. The maximum Gasteiger partial charge on any atom is 0.323 e. The molecule has 4 aromatic rings. The lowest BCUT2D eigenvalue weighted by molar-refractivity contribution is 1.21. The third-order valence-corrected chi connectivity index (χ3v) is 4.22. The highest BCUT2D eigenvalue weighted by atomic mass is 16.1. The molecule has 128 valence electrons. The molecule has 2 aromatic heterocycles. The first kappa shape index (κ1) is 15.5. The molecule has 0 bridgehead atoms. The van der Waals surface area contributed by atoms with Gasteiger partial charge in [0.05, 0.1) is 22.1 Å². The number of H-pyrrole nitrogens is 4. The van der Waals surface area contributed by atoms with E-state index in [0.29, 0.717) is 42.9 Å². The number of imidazole rings is 2. The maximum absolute atomic E-state index is 11.5. The number of aromatic nitrogens is 4. The monoisotopic (exact) mass is 360 g/mol. The predicted molar refractivity (Wildman–Crippen MR) is 104 cm³/mol. The minimum Gasteiger partial charge on any atom is -0.306 e. The summed E-state index contributed by atoms with van der Waals surface area (Å²) in [6, 6.07) is 7.03. The van der Waals surface area contributed by atoms with E-state index < -0.39 is 0 Å². The first-order valence-corrected chi connectivity index (χ1v) is 8.22. The second-order valence-electron chi connectivity index (χ2n) is 6.04. The predicted octanol–water partition coefficient (Wildman–Crippen LogP) is -1.01. The third kappa shape index (κ3) is 2.65. The van der Waals surface area contributed by atoms with Gasteiger partial charge in [-0.05, 0) is 47.2 Å². The summed E-state index contributed by atoms with van der Waals surface area (Å²) < 4.78 is 0. The topological polar surface area (TPSA) is 97.3 Å². The molecule has 0 unspecified atom stereocenters. The molecule has 1 aliphatic rings. The lowest BCUT2D eigenvalue weighted by Gasteiger charge is -1.87. The number of benzene rings is 2. The number of hydrogen-bond acceptors (Lipinski definition) is 2. The van der Waals surface area contributed by atoms with Gasteiger partial charge in [0, 0.05) is 20.9 Å². The molecule has 0 radical (unpaired) electrons. The van der Waals surface area contributed by atoms with Crippen molar-refractivity contribution in [2.75, 3.05) is 0 Å². The zero-order valence-electron chi connectivity index (χ0n) is 14.1. The molecule has 0 atom stereocenters. The van der Waals surface area contributed by atoms with Gasteiger partial charge in [-0.25, -0.2) is 9.59 Å². The van der Waals surface area contributed by atoms with Crippen LogP contribution in [0, 0.1) is 0 Å². The zero-order chi connectivity index (χ0) is 19.1. The van der Waals surface area contributed by atoms with E-state index in [1.54, 1.807) is 24.3 Å². The molecule has 0 aliphatic heterocycles. The molecular formula is C22H8N4O2. The van der Waals surface area contributed by atoms with Gasteiger partial charge in [0.2, 0.25) is 0 Å². The molecule has 5 rings (SSSR count). The van der Waals surface area contributed by atoms with Gasteiger partial charge in [0.15, 0.2) is 0 Å². The molecule has 28 heavy (non-hydrogen) atoms. The fourth-order valence-corrected chi connectivity index (χ4v) is 2.97. The lowest BCUT2D eigenvalue weighted by atomic mass is 10.2. The molecule has 0 fully saturated rings. The van der Waals surface area contributed by atoms with Crippen LogP contribution in [0.25, 0.3) is 45.0 Å². The van der Waals surface area contributed by atoms with Crippen LogP contribution in [-0.2, 0) is 0 Å². The Hall–Kier alpha value is -4.78. The Morgan fingerprint density at radius 3 is 0.964 bits per heavy atom. The first-order chi connectivity index (χ1) is 13.7. The van der Waals surface area contributed by atoms with Gasteiger partial charge < -0.3 is 19.9 Å². The van der Waals surface area contributed by atoms with Crippen LogP contribution in [0.15, 0.2) is 56.8 Å². The Morgan fingerprint density at radius 1 is 0.464 bits per heavy atom. The van der Waals surface area contributed by atoms with Crippen molar-refractivity contribution in [1.82, 2.24) is 19.9 Å². The normalized spacial score (nSPS) is 11.1. The molecule has 6 nitrogen and oxygen atoms in total. The highest BCUT2D eigenvalue weighted by Crippen LogP contribution is 1.99. The quantitative estimate of drug-likeness (QED) is 0.266. The van der Waals surface area contributed by atoms with Gasteiger partial charge in [-0.1, -0.05) is 22.9 Å². The van der Waals surface area contributed by atoms with E-state index in [-0.39, 0.29) is 11.4 Å². The van der Waals surface area contributed by atoms with Crippen LogP contribution in [0.2, 0.25) is 0 Å². The van der Waals surface area contributed by atoms with Crippen molar-refractivity contribution in [2.24, 2.45) is 0 Å². The number of nitrogens with one attached hydrogen (secondary N) is 4. The minimum atomic E-state index is -0.291. The van der Waals surface area contributed by atoms with Crippen molar-refractivity contribution < 1.29 is 0 Å². The number of aromatic amines is 4. The largest absolute Gasteiger partial charge is 0.323 e. The minimum absolute atomic E-state index is 0.291. The van der Waals surface area contributed by atoms with E-state index in [2.05, 4.69) is 65.8 Å². The van der Waals surface area contributed by atoms with Crippen molar-refractivity contribution in [3.63, 3.8) is 0 Å². The zero-order valence-corrected chi connectivity index (χ0v) is 14.1. The Kier molecular flexibility index (Phi) is 3.25. The molecule has 2 heterocycles. The smallest absolute Gasteiger partial charge is 0.306 e. The van der Waals surface area contributed by atoms with E-state index in [0.717, 1.165) is 0 Å². The van der Waals surface area contributed by atoms with Gasteiger partial charge in [-0.15, -0.1) is 0 Å². The summed E-state index contributed by atoms with van der Waals surface area (Å²) in [5, 5.41) is 2.60. The average Bonchev–Trinajstić information content (AvgIpc) is 3.20. The number of rotatable bonds is 0. The van der Waals surface area contributed by atoms with E-state index in [1.807, 2.05) is 0 Å². The van der Waals surface area contributed by atoms with E-state index in [9.17, 15) is 9.59 Å². The van der Waals surface area contributed by atoms with Crippen molar-refractivity contribution in [2.45, 2.75) is 0 Å². The first-order valence-electron chi connectivity index (χ1n) is 8.22. The average molecular weight is 360 g/mol. The Labute approximate surface area is 154 Å². The van der Waals surface area contributed by atoms with Crippen molar-refractivity contribution in [3.05, 3.63) is 89.0 Å². The van der Waals surface area contributed by atoms with E-state index in [1.165, 1.54) is 0 Å². The summed E-state index contributed by atoms with van der Waals surface area (Å²) in [6.45, 7) is 0. The molecule has 0 spiro atoms. The Morgan fingerprint density at radius 2 is 0.714 bits per heavy atom. The highest BCUT2D eigenvalue weighted by molar-refractivity contribution is 5.75. The van der Waals surface area contributed by atoms with E-state index >= 15 is 0 Å². The summed E-state index contributed by atoms with van der Waals surface area (Å²) in [5.74, 6) is 0. The molecule has 0 saturated heterocycles. The second-order valence-corrected chi connectivity index (χ2v) is 6.04. The molecule has 0 saturated carbocycles. The molecule has 0 amide bonds. The van der Waals surface area contributed by atoms with Gasteiger partial charge in [0.25, 0.3) is 0 Å². The van der Waals surface area contributed by atoms with Crippen molar-refractivity contribution in [3.8, 4) is 0 Å². The Bertz CT molecular complexity index is 1670. The summed E-state index contributed by atoms with van der Waals surface area (Å²) in [7, 11) is 0. The van der Waals surface area contributed by atoms with Crippen LogP contribution in [0.5, 0.6) is 0 Å². The van der Waals surface area contributed by atoms with E-state index in [4.69, 9.17) is 0 Å². The Balaban J connectivity index is 2.07. The summed E-state index contributed by atoms with van der Waals surface area (Å²) in [5.41, 5.74) is 25.2. The fraction of sp³-hybridized carbons (Fsp3) is 0. The van der Waals surface area contributed by atoms with Gasteiger partial charge in [-0.3, -0.25) is 0 Å². The molecule has 4 N–H and O–H groups in total. The molecular weight excluding hydrogens is 352 g/mol. The van der Waals surface area contributed by atoms with Crippen molar-refractivity contribution >= 4 is 45.0 Å². The molecule has 6 heteroatoms. The van der Waals surface area contributed by atoms with Gasteiger partial charge in [-0.2, -0.15) is 0 Å². The van der Waals surface area contributed by atoms with Gasteiger partial charge >= 0.3 is 11.4 Å². The number of fused-ring (bicyclic) bond motifs is 4. The summed E-state index contributed by atoms with van der Waals surface area (Å²) in [6.07, 6.45) is 0. The van der Waals surface area contributed by atoms with Crippen LogP contribution < -0.4 is 32.3 Å². The third-order valence-electron chi connectivity index (χ3n) is 4.22. The van der Waals surface area contributed by atoms with Crippen LogP contribution in [0.1, 0.15) is 0 Å². The van der Waals surface area contributed by atoms with Crippen LogP contribution in [-0.4, -0.2) is 19.9 Å². The molecule has 2 aromatic carbocycles. The SMILES string of the molecule is O=c1[nH]c2cc3c(cc2[nH]1)=C=C=C=C=c1cc2[nH]c(=O)[nH]c2cc1=C=C=C=C=3. The van der Waals surface area contributed by atoms with Crippen LogP contribution >= 0.6 is 0 Å². The fourth-order valence-electron chi connectivity index (χ4n) is 2.97. The second kappa shape index (κ2) is 5.89.